The van der Waals surface area contributed by atoms with E-state index in [1.807, 2.05) is 7.05 Å². The van der Waals surface area contributed by atoms with Gasteiger partial charge in [0.1, 0.15) is 0 Å². The van der Waals surface area contributed by atoms with E-state index in [1.165, 1.54) is 25.8 Å². The molecule has 0 saturated carbocycles. The fraction of sp³-hybridized carbons (Fsp3) is 0.933. The van der Waals surface area contributed by atoms with E-state index < -0.39 is 0 Å². The summed E-state index contributed by atoms with van der Waals surface area (Å²) in [4.78, 5) is 6.80. The van der Waals surface area contributed by atoms with Crippen molar-refractivity contribution in [2.75, 3.05) is 46.9 Å². The lowest BCUT2D eigenvalue weighted by molar-refractivity contribution is 0.141. The van der Waals surface area contributed by atoms with Crippen molar-refractivity contribution in [2.45, 2.75) is 39.2 Å². The summed E-state index contributed by atoms with van der Waals surface area (Å²) in [5, 5.41) is 6.83. The lowest BCUT2D eigenvalue weighted by atomic mass is 10.1. The average molecular weight is 412 g/mol. The molecule has 0 aromatic carbocycles. The maximum Gasteiger partial charge on any atom is 0.191 e. The van der Waals surface area contributed by atoms with Crippen LogP contribution in [0, 0.1) is 5.92 Å². The minimum atomic E-state index is 0. The van der Waals surface area contributed by atoms with E-state index in [0.717, 1.165) is 38.1 Å². The molecule has 1 rings (SSSR count). The second kappa shape index (κ2) is 12.5. The van der Waals surface area contributed by atoms with Gasteiger partial charge in [0, 0.05) is 39.8 Å². The van der Waals surface area contributed by atoms with E-state index in [1.54, 1.807) is 7.11 Å². The molecule has 0 aromatic rings. The number of aliphatic imine (C=N–C) groups is 1. The van der Waals surface area contributed by atoms with Crippen molar-refractivity contribution in [3.8, 4) is 0 Å². The number of ether oxygens (including phenoxy) is 1. The molecule has 0 bridgehead atoms. The van der Waals surface area contributed by atoms with Crippen LogP contribution in [0.3, 0.4) is 0 Å². The average Bonchev–Trinajstić information content (AvgIpc) is 2.87. The fourth-order valence-electron chi connectivity index (χ4n) is 2.54. The van der Waals surface area contributed by atoms with Gasteiger partial charge < -0.3 is 15.4 Å². The highest BCUT2D eigenvalue weighted by atomic mass is 127. The first-order valence-electron chi connectivity index (χ1n) is 7.84. The lowest BCUT2D eigenvalue weighted by Crippen LogP contribution is -2.45. The van der Waals surface area contributed by atoms with Gasteiger partial charge in [-0.05, 0) is 31.7 Å². The van der Waals surface area contributed by atoms with Crippen molar-refractivity contribution >= 4 is 29.9 Å². The third-order valence-corrected chi connectivity index (χ3v) is 3.82. The van der Waals surface area contributed by atoms with Crippen LogP contribution in [-0.4, -0.2) is 63.8 Å². The summed E-state index contributed by atoms with van der Waals surface area (Å²) in [5.41, 5.74) is 0. The Kier molecular flexibility index (Phi) is 12.4. The second-order valence-corrected chi connectivity index (χ2v) is 5.89. The Morgan fingerprint density at radius 2 is 2.14 bits per heavy atom. The Balaban J connectivity index is 0.00000400. The number of hydrogen-bond acceptors (Lipinski definition) is 3. The van der Waals surface area contributed by atoms with Gasteiger partial charge in [-0.3, -0.25) is 9.89 Å². The monoisotopic (exact) mass is 412 g/mol. The Hall–Kier alpha value is -0.0800. The maximum absolute atomic E-state index is 5.18. The molecule has 1 aliphatic heterocycles. The molecule has 0 aliphatic carbocycles. The van der Waals surface area contributed by atoms with E-state index >= 15 is 0 Å². The number of methoxy groups -OCH3 is 1. The molecular formula is C15H33IN4O. The van der Waals surface area contributed by atoms with Crippen LogP contribution in [0.5, 0.6) is 0 Å². The van der Waals surface area contributed by atoms with Gasteiger partial charge in [-0.2, -0.15) is 0 Å². The number of likely N-dealkylation sites (tertiary alicyclic amines) is 1. The Morgan fingerprint density at radius 3 is 2.76 bits per heavy atom. The number of rotatable bonds is 8. The van der Waals surface area contributed by atoms with Crippen LogP contribution >= 0.6 is 24.0 Å². The Labute approximate surface area is 147 Å². The zero-order valence-corrected chi connectivity index (χ0v) is 16.4. The topological polar surface area (TPSA) is 48.9 Å². The summed E-state index contributed by atoms with van der Waals surface area (Å²) in [7, 11) is 3.60. The zero-order valence-electron chi connectivity index (χ0n) is 14.0. The highest BCUT2D eigenvalue weighted by Crippen LogP contribution is 2.15. The third kappa shape index (κ3) is 8.83. The molecule has 1 atom stereocenters. The molecule has 1 heterocycles. The van der Waals surface area contributed by atoms with Gasteiger partial charge in [0.2, 0.25) is 0 Å². The fourth-order valence-corrected chi connectivity index (χ4v) is 2.54. The van der Waals surface area contributed by atoms with Gasteiger partial charge >= 0.3 is 0 Å². The van der Waals surface area contributed by atoms with E-state index in [-0.39, 0.29) is 24.0 Å². The first-order chi connectivity index (χ1) is 9.67. The van der Waals surface area contributed by atoms with Crippen LogP contribution in [0.4, 0.5) is 0 Å². The Morgan fingerprint density at radius 1 is 1.38 bits per heavy atom. The van der Waals surface area contributed by atoms with Crippen LogP contribution < -0.4 is 10.6 Å². The van der Waals surface area contributed by atoms with Crippen LogP contribution in [0.25, 0.3) is 0 Å². The summed E-state index contributed by atoms with van der Waals surface area (Å²) in [5.74, 6) is 1.64. The molecule has 0 amide bonds. The summed E-state index contributed by atoms with van der Waals surface area (Å²) in [6, 6.07) is 0.605. The number of nitrogens with zero attached hydrogens (tertiary/aromatic N) is 2. The van der Waals surface area contributed by atoms with Crippen molar-refractivity contribution in [3.05, 3.63) is 0 Å². The minimum Gasteiger partial charge on any atom is -0.383 e. The molecule has 6 heteroatoms. The van der Waals surface area contributed by atoms with Crippen molar-refractivity contribution in [2.24, 2.45) is 10.9 Å². The molecule has 1 aliphatic rings. The quantitative estimate of drug-likeness (QED) is 0.364. The third-order valence-electron chi connectivity index (χ3n) is 3.82. The molecule has 0 aromatic heterocycles. The van der Waals surface area contributed by atoms with Crippen LogP contribution in [0.15, 0.2) is 4.99 Å². The molecule has 1 saturated heterocycles. The summed E-state index contributed by atoms with van der Waals surface area (Å²) in [6.45, 7) is 9.46. The molecule has 21 heavy (non-hydrogen) atoms. The number of halogens is 1. The standard InChI is InChI=1S/C15H32N4O.HI/c1-13(2)7-8-17-15(16-3)18-12-14-6-5-9-19(14)10-11-20-4;/h13-14H,5-12H2,1-4H3,(H2,16,17,18);1H. The molecule has 2 N–H and O–H groups in total. The lowest BCUT2D eigenvalue weighted by Gasteiger charge is -2.25. The summed E-state index contributed by atoms with van der Waals surface area (Å²) >= 11 is 0. The summed E-state index contributed by atoms with van der Waals surface area (Å²) < 4.78 is 5.18. The smallest absolute Gasteiger partial charge is 0.191 e. The predicted molar refractivity (Wildman–Crippen MR) is 101 cm³/mol. The predicted octanol–water partition coefficient (Wildman–Crippen LogP) is 1.93. The molecule has 1 fully saturated rings. The van der Waals surface area contributed by atoms with Gasteiger partial charge in [0.25, 0.3) is 0 Å². The van der Waals surface area contributed by atoms with Crippen molar-refractivity contribution in [1.29, 1.82) is 0 Å². The maximum atomic E-state index is 5.18. The molecular weight excluding hydrogens is 379 g/mol. The second-order valence-electron chi connectivity index (χ2n) is 5.89. The van der Waals surface area contributed by atoms with Gasteiger partial charge in [-0.15, -0.1) is 24.0 Å². The number of guanidine groups is 1. The normalized spacial score (nSPS) is 19.7. The summed E-state index contributed by atoms with van der Waals surface area (Å²) in [6.07, 6.45) is 3.72. The largest absolute Gasteiger partial charge is 0.383 e. The van der Waals surface area contributed by atoms with Crippen molar-refractivity contribution < 1.29 is 4.74 Å². The highest BCUT2D eigenvalue weighted by molar-refractivity contribution is 14.0. The molecule has 1 unspecified atom stereocenters. The van der Waals surface area contributed by atoms with Crippen LogP contribution in [0.2, 0.25) is 0 Å². The first kappa shape index (κ1) is 20.9. The van der Waals surface area contributed by atoms with Gasteiger partial charge in [0.05, 0.1) is 6.61 Å². The molecule has 0 radical (unpaired) electrons. The molecule has 126 valence electrons. The van der Waals surface area contributed by atoms with Gasteiger partial charge in [-0.25, -0.2) is 0 Å². The number of nitrogens with one attached hydrogen (secondary N) is 2. The van der Waals surface area contributed by atoms with E-state index in [9.17, 15) is 0 Å². The van der Waals surface area contributed by atoms with Gasteiger partial charge in [-0.1, -0.05) is 13.8 Å². The Bertz CT molecular complexity index is 287. The number of hydrogen-bond donors (Lipinski definition) is 2. The minimum absolute atomic E-state index is 0. The SMILES string of the molecule is CN=C(NCCC(C)C)NCC1CCCN1CCOC.I. The van der Waals surface area contributed by atoms with Crippen LogP contribution in [-0.2, 0) is 4.74 Å². The highest BCUT2D eigenvalue weighted by Gasteiger charge is 2.23. The van der Waals surface area contributed by atoms with E-state index in [2.05, 4.69) is 34.4 Å². The molecule has 5 nitrogen and oxygen atoms in total. The van der Waals surface area contributed by atoms with E-state index in [0.29, 0.717) is 6.04 Å². The van der Waals surface area contributed by atoms with Crippen molar-refractivity contribution in [3.63, 3.8) is 0 Å². The zero-order chi connectivity index (χ0) is 14.8. The molecule has 0 spiro atoms. The van der Waals surface area contributed by atoms with Gasteiger partial charge in [0.15, 0.2) is 5.96 Å². The first-order valence-corrected chi connectivity index (χ1v) is 7.84. The van der Waals surface area contributed by atoms with Crippen LogP contribution in [0.1, 0.15) is 33.1 Å². The van der Waals surface area contributed by atoms with Crippen molar-refractivity contribution in [1.82, 2.24) is 15.5 Å². The van der Waals surface area contributed by atoms with E-state index in [4.69, 9.17) is 4.74 Å².